The molecule has 0 spiro atoms. The quantitative estimate of drug-likeness (QED) is 0.740. The minimum absolute atomic E-state index is 0.734. The number of H-pyrrole nitrogens is 1. The largest absolute Gasteiger partial charge is 0.458 e. The van der Waals surface area contributed by atoms with Crippen molar-refractivity contribution in [1.82, 2.24) is 30.2 Å². The van der Waals surface area contributed by atoms with Gasteiger partial charge in [-0.05, 0) is 18.6 Å². The molecule has 0 saturated carbocycles. The van der Waals surface area contributed by atoms with Crippen molar-refractivity contribution < 1.29 is 4.42 Å². The lowest BCUT2D eigenvalue weighted by Crippen LogP contribution is -2.01. The number of hydrogen-bond acceptors (Lipinski definition) is 5. The summed E-state index contributed by atoms with van der Waals surface area (Å²) in [7, 11) is 0. The van der Waals surface area contributed by atoms with Crippen molar-refractivity contribution in [2.75, 3.05) is 0 Å². The Bertz CT molecular complexity index is 654. The molecule has 0 aliphatic carbocycles. The van der Waals surface area contributed by atoms with Gasteiger partial charge in [0.15, 0.2) is 17.4 Å². The standard InChI is InChI=1S/C13H16N6O/c1-2-10-5-6-11(20-10)13-14-7-9-19(13)8-3-4-12-15-17-18-16-12/h5-7,9H,2-4,8H2,1H3,(H,15,16,17,18). The fourth-order valence-electron chi connectivity index (χ4n) is 2.10. The van der Waals surface area contributed by atoms with E-state index in [4.69, 9.17) is 4.42 Å². The number of aromatic nitrogens is 6. The van der Waals surface area contributed by atoms with Gasteiger partial charge in [-0.25, -0.2) is 4.98 Å². The Morgan fingerprint density at radius 1 is 1.35 bits per heavy atom. The van der Waals surface area contributed by atoms with Crippen LogP contribution in [-0.4, -0.2) is 30.2 Å². The van der Waals surface area contributed by atoms with Crippen LogP contribution in [0.2, 0.25) is 0 Å². The predicted octanol–water partition coefficient (Wildman–Crippen LogP) is 1.85. The normalized spacial score (nSPS) is 11.1. The molecule has 7 nitrogen and oxygen atoms in total. The Hall–Kier alpha value is -2.44. The highest BCUT2D eigenvalue weighted by molar-refractivity contribution is 5.47. The summed E-state index contributed by atoms with van der Waals surface area (Å²) in [4.78, 5) is 4.37. The number of nitrogens with zero attached hydrogens (tertiary/aromatic N) is 5. The molecule has 0 aliphatic heterocycles. The monoisotopic (exact) mass is 272 g/mol. The summed E-state index contributed by atoms with van der Waals surface area (Å²) in [5.41, 5.74) is 0. The number of hydrogen-bond donors (Lipinski definition) is 1. The summed E-state index contributed by atoms with van der Waals surface area (Å²) >= 11 is 0. The van der Waals surface area contributed by atoms with Crippen molar-refractivity contribution in [2.45, 2.75) is 32.7 Å². The van der Waals surface area contributed by atoms with Gasteiger partial charge in [-0.1, -0.05) is 12.1 Å². The molecule has 1 N–H and O–H groups in total. The van der Waals surface area contributed by atoms with E-state index in [1.807, 2.05) is 18.3 Å². The molecule has 0 atom stereocenters. The molecule has 104 valence electrons. The first-order chi connectivity index (χ1) is 9.86. The van der Waals surface area contributed by atoms with Gasteiger partial charge >= 0.3 is 0 Å². The average Bonchev–Trinajstić information content (AvgIpc) is 3.20. The first-order valence-electron chi connectivity index (χ1n) is 6.69. The van der Waals surface area contributed by atoms with Crippen LogP contribution >= 0.6 is 0 Å². The maximum atomic E-state index is 5.75. The van der Waals surface area contributed by atoms with Gasteiger partial charge in [0.1, 0.15) is 5.76 Å². The molecule has 3 aromatic rings. The fraction of sp³-hybridized carbons (Fsp3) is 0.385. The Kier molecular flexibility index (Phi) is 3.58. The maximum Gasteiger partial charge on any atom is 0.176 e. The molecule has 20 heavy (non-hydrogen) atoms. The Labute approximate surface area is 116 Å². The van der Waals surface area contributed by atoms with E-state index >= 15 is 0 Å². The summed E-state index contributed by atoms with van der Waals surface area (Å²) < 4.78 is 7.83. The SMILES string of the molecule is CCc1ccc(-c2nccn2CCCc2nn[nH]n2)o1. The molecule has 0 amide bonds. The third-order valence-corrected chi connectivity index (χ3v) is 3.13. The topological polar surface area (TPSA) is 85.4 Å². The minimum Gasteiger partial charge on any atom is -0.458 e. The molecular weight excluding hydrogens is 256 g/mol. The minimum atomic E-state index is 0.734. The number of nitrogens with one attached hydrogen (secondary N) is 1. The van der Waals surface area contributed by atoms with Crippen LogP contribution in [0.5, 0.6) is 0 Å². The summed E-state index contributed by atoms with van der Waals surface area (Å²) in [6, 6.07) is 3.96. The first-order valence-corrected chi connectivity index (χ1v) is 6.69. The molecule has 3 rings (SSSR count). The maximum absolute atomic E-state index is 5.75. The van der Waals surface area contributed by atoms with Gasteiger partial charge < -0.3 is 8.98 Å². The third kappa shape index (κ3) is 2.61. The highest BCUT2D eigenvalue weighted by atomic mass is 16.3. The van der Waals surface area contributed by atoms with Gasteiger partial charge in [0.25, 0.3) is 0 Å². The molecule has 0 bridgehead atoms. The van der Waals surface area contributed by atoms with Crippen LogP contribution in [-0.2, 0) is 19.4 Å². The molecule has 3 heterocycles. The van der Waals surface area contributed by atoms with Gasteiger partial charge in [-0.3, -0.25) is 0 Å². The predicted molar refractivity (Wildman–Crippen MR) is 71.8 cm³/mol. The zero-order valence-electron chi connectivity index (χ0n) is 11.3. The van der Waals surface area contributed by atoms with E-state index in [2.05, 4.69) is 37.1 Å². The van der Waals surface area contributed by atoms with E-state index in [1.54, 1.807) is 6.20 Å². The van der Waals surface area contributed by atoms with Crippen molar-refractivity contribution in [3.8, 4) is 11.6 Å². The lowest BCUT2D eigenvalue weighted by atomic mass is 10.3. The van der Waals surface area contributed by atoms with Crippen molar-refractivity contribution in [3.05, 3.63) is 36.1 Å². The first kappa shape index (κ1) is 12.6. The zero-order valence-corrected chi connectivity index (χ0v) is 11.3. The van der Waals surface area contributed by atoms with Crippen LogP contribution in [0.1, 0.15) is 24.9 Å². The number of aromatic amines is 1. The molecule has 0 fully saturated rings. The number of aryl methyl sites for hydroxylation is 3. The Morgan fingerprint density at radius 3 is 3.05 bits per heavy atom. The van der Waals surface area contributed by atoms with Crippen LogP contribution < -0.4 is 0 Å². The van der Waals surface area contributed by atoms with Gasteiger partial charge in [0.2, 0.25) is 0 Å². The second-order valence-electron chi connectivity index (χ2n) is 4.50. The number of tetrazole rings is 1. The van der Waals surface area contributed by atoms with E-state index in [1.165, 1.54) is 0 Å². The van der Waals surface area contributed by atoms with Gasteiger partial charge in [-0.15, -0.1) is 10.2 Å². The van der Waals surface area contributed by atoms with E-state index < -0.39 is 0 Å². The molecule has 7 heteroatoms. The third-order valence-electron chi connectivity index (χ3n) is 3.13. The summed E-state index contributed by atoms with van der Waals surface area (Å²) in [5.74, 6) is 3.38. The lowest BCUT2D eigenvalue weighted by molar-refractivity contribution is 0.518. The smallest absolute Gasteiger partial charge is 0.176 e. The van der Waals surface area contributed by atoms with Gasteiger partial charge in [0, 0.05) is 31.8 Å². The highest BCUT2D eigenvalue weighted by Gasteiger charge is 2.10. The Balaban J connectivity index is 1.67. The second-order valence-corrected chi connectivity index (χ2v) is 4.50. The van der Waals surface area contributed by atoms with Crippen LogP contribution in [0, 0.1) is 0 Å². The summed E-state index contributed by atoms with van der Waals surface area (Å²) in [5, 5.41) is 13.9. The van der Waals surface area contributed by atoms with Crippen LogP contribution in [0.15, 0.2) is 28.9 Å². The number of rotatable bonds is 6. The fourth-order valence-corrected chi connectivity index (χ4v) is 2.10. The molecule has 0 aliphatic rings. The van der Waals surface area contributed by atoms with Crippen LogP contribution in [0.3, 0.4) is 0 Å². The highest BCUT2D eigenvalue weighted by Crippen LogP contribution is 2.21. The average molecular weight is 272 g/mol. The number of imidazole rings is 1. The summed E-state index contributed by atoms with van der Waals surface area (Å²) in [6.07, 6.45) is 6.34. The molecule has 0 unspecified atom stereocenters. The van der Waals surface area contributed by atoms with Crippen molar-refractivity contribution in [1.29, 1.82) is 0 Å². The Morgan fingerprint density at radius 2 is 2.30 bits per heavy atom. The zero-order chi connectivity index (χ0) is 13.8. The van der Waals surface area contributed by atoms with Gasteiger partial charge in [0.05, 0.1) is 0 Å². The van der Waals surface area contributed by atoms with Crippen molar-refractivity contribution in [2.24, 2.45) is 0 Å². The van der Waals surface area contributed by atoms with E-state index in [-0.39, 0.29) is 0 Å². The van der Waals surface area contributed by atoms with E-state index in [0.717, 1.165) is 49.0 Å². The lowest BCUT2D eigenvalue weighted by Gasteiger charge is -2.04. The molecule has 0 radical (unpaired) electrons. The van der Waals surface area contributed by atoms with E-state index in [9.17, 15) is 0 Å². The van der Waals surface area contributed by atoms with Crippen molar-refractivity contribution in [3.63, 3.8) is 0 Å². The number of furan rings is 1. The summed E-state index contributed by atoms with van der Waals surface area (Å²) in [6.45, 7) is 2.91. The second kappa shape index (κ2) is 5.68. The van der Waals surface area contributed by atoms with Crippen molar-refractivity contribution >= 4 is 0 Å². The van der Waals surface area contributed by atoms with Crippen LogP contribution in [0.4, 0.5) is 0 Å². The van der Waals surface area contributed by atoms with Crippen LogP contribution in [0.25, 0.3) is 11.6 Å². The van der Waals surface area contributed by atoms with E-state index in [0.29, 0.717) is 0 Å². The molecular formula is C13H16N6O. The van der Waals surface area contributed by atoms with Gasteiger partial charge in [-0.2, -0.15) is 5.21 Å². The molecule has 0 saturated heterocycles. The molecule has 0 aromatic carbocycles. The molecule has 3 aromatic heterocycles.